The van der Waals surface area contributed by atoms with Crippen LogP contribution >= 0.6 is 0 Å². The quantitative estimate of drug-likeness (QED) is 0.454. The molecule has 2 aliphatic rings. The molecule has 2 aliphatic heterocycles. The van der Waals surface area contributed by atoms with E-state index in [1.807, 2.05) is 0 Å². The van der Waals surface area contributed by atoms with Crippen molar-refractivity contribution >= 4 is 17.8 Å². The van der Waals surface area contributed by atoms with Crippen molar-refractivity contribution in [2.24, 2.45) is 4.99 Å². The molecule has 0 radical (unpaired) electrons. The molecule has 0 aromatic rings. The smallest absolute Gasteiger partial charge is 0.316 e. The van der Waals surface area contributed by atoms with Crippen LogP contribution in [0.4, 0.5) is 0 Å². The lowest BCUT2D eigenvalue weighted by Crippen LogP contribution is -2.37. The molecule has 0 aromatic heterocycles. The summed E-state index contributed by atoms with van der Waals surface area (Å²) in [5.41, 5.74) is 0. The van der Waals surface area contributed by atoms with Gasteiger partial charge in [-0.25, -0.2) is 0 Å². The van der Waals surface area contributed by atoms with Gasteiger partial charge in [-0.2, -0.15) is 0 Å². The Kier molecular flexibility index (Phi) is 4.05. The zero-order chi connectivity index (χ0) is 12.1. The second kappa shape index (κ2) is 5.74. The van der Waals surface area contributed by atoms with E-state index in [1.165, 1.54) is 0 Å². The van der Waals surface area contributed by atoms with Crippen LogP contribution in [0.15, 0.2) is 4.99 Å². The third-order valence-electron chi connectivity index (χ3n) is 2.68. The van der Waals surface area contributed by atoms with E-state index in [-0.39, 0.29) is 5.96 Å². The van der Waals surface area contributed by atoms with Crippen molar-refractivity contribution in [1.82, 2.24) is 15.5 Å². The number of nitrogens with one attached hydrogen (secondary N) is 2. The van der Waals surface area contributed by atoms with Gasteiger partial charge in [0.2, 0.25) is 5.96 Å². The maximum Gasteiger partial charge on any atom is 0.316 e. The topological polar surface area (TPSA) is 83.0 Å². The molecular formula is C10H16N4O3. The molecule has 0 bridgehead atoms. The number of nitrogens with zero attached hydrogens (tertiary/aromatic N) is 2. The Labute approximate surface area is 99.2 Å². The summed E-state index contributed by atoms with van der Waals surface area (Å²) < 4.78 is 5.25. The number of carbonyl (C=O) groups excluding carboxylic acids is 2. The number of rotatable bonds is 4. The summed E-state index contributed by atoms with van der Waals surface area (Å²) in [5, 5.41) is 4.72. The van der Waals surface area contributed by atoms with E-state index in [2.05, 4.69) is 20.5 Å². The van der Waals surface area contributed by atoms with Crippen molar-refractivity contribution in [3.05, 3.63) is 0 Å². The maximum absolute atomic E-state index is 10.8. The zero-order valence-corrected chi connectivity index (χ0v) is 9.57. The first-order chi connectivity index (χ1) is 8.25. The summed E-state index contributed by atoms with van der Waals surface area (Å²) in [4.78, 5) is 28.1. The van der Waals surface area contributed by atoms with Gasteiger partial charge in [-0.15, -0.1) is 0 Å². The molecule has 2 heterocycles. The van der Waals surface area contributed by atoms with Crippen molar-refractivity contribution in [2.45, 2.75) is 6.42 Å². The van der Waals surface area contributed by atoms with Gasteiger partial charge in [0.1, 0.15) is 0 Å². The Hall–Kier alpha value is -1.47. The molecule has 7 nitrogen and oxygen atoms in total. The number of carbonyl (C=O) groups is 2. The first-order valence-corrected chi connectivity index (χ1v) is 5.72. The molecule has 0 atom stereocenters. The molecule has 2 saturated heterocycles. The van der Waals surface area contributed by atoms with Crippen molar-refractivity contribution in [3.8, 4) is 0 Å². The number of hydrogen-bond acceptors (Lipinski definition) is 5. The van der Waals surface area contributed by atoms with E-state index in [9.17, 15) is 9.59 Å². The SMILES string of the molecule is O=C1NC(=NCCCN2CCOCC2)NC1=O. The van der Waals surface area contributed by atoms with E-state index >= 15 is 0 Å². The number of amides is 2. The molecule has 17 heavy (non-hydrogen) atoms. The van der Waals surface area contributed by atoms with Crippen LogP contribution in [0.3, 0.4) is 0 Å². The zero-order valence-electron chi connectivity index (χ0n) is 9.57. The first-order valence-electron chi connectivity index (χ1n) is 5.72. The molecular weight excluding hydrogens is 224 g/mol. The van der Waals surface area contributed by atoms with Crippen LogP contribution < -0.4 is 10.6 Å². The number of morpholine rings is 1. The lowest BCUT2D eigenvalue weighted by Gasteiger charge is -2.26. The fraction of sp³-hybridized carbons (Fsp3) is 0.700. The van der Waals surface area contributed by atoms with Crippen LogP contribution in [0.2, 0.25) is 0 Å². The second-order valence-electron chi connectivity index (χ2n) is 3.95. The number of hydrogen-bond donors (Lipinski definition) is 2. The predicted molar refractivity (Wildman–Crippen MR) is 60.5 cm³/mol. The first kappa shape index (κ1) is 12.0. The van der Waals surface area contributed by atoms with Crippen LogP contribution in [0.25, 0.3) is 0 Å². The molecule has 0 unspecified atom stereocenters. The largest absolute Gasteiger partial charge is 0.379 e. The normalized spacial score (nSPS) is 21.3. The van der Waals surface area contributed by atoms with E-state index < -0.39 is 11.8 Å². The lowest BCUT2D eigenvalue weighted by molar-refractivity contribution is -0.135. The van der Waals surface area contributed by atoms with E-state index in [0.717, 1.165) is 39.3 Å². The average Bonchev–Trinajstić information content (AvgIpc) is 2.66. The monoisotopic (exact) mass is 240 g/mol. The van der Waals surface area contributed by atoms with Gasteiger partial charge in [-0.3, -0.25) is 30.1 Å². The van der Waals surface area contributed by atoms with Crippen molar-refractivity contribution in [3.63, 3.8) is 0 Å². The predicted octanol–water partition coefficient (Wildman–Crippen LogP) is -1.69. The number of aliphatic imine (C=N–C) groups is 1. The fourth-order valence-corrected chi connectivity index (χ4v) is 1.75. The highest BCUT2D eigenvalue weighted by Gasteiger charge is 2.24. The van der Waals surface area contributed by atoms with E-state index in [4.69, 9.17) is 4.74 Å². The van der Waals surface area contributed by atoms with Gasteiger partial charge >= 0.3 is 11.8 Å². The molecule has 0 saturated carbocycles. The summed E-state index contributed by atoms with van der Waals surface area (Å²) in [7, 11) is 0. The van der Waals surface area contributed by atoms with Crippen LogP contribution in [-0.2, 0) is 14.3 Å². The van der Waals surface area contributed by atoms with Gasteiger partial charge < -0.3 is 4.74 Å². The fourth-order valence-electron chi connectivity index (χ4n) is 1.75. The average molecular weight is 240 g/mol. The van der Waals surface area contributed by atoms with Gasteiger partial charge in [0, 0.05) is 26.2 Å². The highest BCUT2D eigenvalue weighted by molar-refractivity contribution is 6.45. The standard InChI is InChI=1S/C10H16N4O3/c15-8-9(16)13-10(12-8)11-2-1-3-14-4-6-17-7-5-14/h1-7H2,(H2,11,12,13,15,16). The molecule has 2 amide bonds. The van der Waals surface area contributed by atoms with Crippen LogP contribution in [0, 0.1) is 0 Å². The lowest BCUT2D eigenvalue weighted by atomic mass is 10.3. The van der Waals surface area contributed by atoms with Gasteiger partial charge in [-0.1, -0.05) is 0 Å². The summed E-state index contributed by atoms with van der Waals surface area (Å²) in [6.07, 6.45) is 0.898. The number of ether oxygens (including phenoxy) is 1. The summed E-state index contributed by atoms with van der Waals surface area (Å²) in [6.45, 7) is 5.06. The Balaban J connectivity index is 1.64. The highest BCUT2D eigenvalue weighted by atomic mass is 16.5. The minimum absolute atomic E-state index is 0.266. The summed E-state index contributed by atoms with van der Waals surface area (Å²) in [5.74, 6) is -1.02. The molecule has 2 fully saturated rings. The van der Waals surface area contributed by atoms with Gasteiger partial charge in [0.25, 0.3) is 0 Å². The maximum atomic E-state index is 10.8. The van der Waals surface area contributed by atoms with E-state index in [1.54, 1.807) is 0 Å². The Bertz CT molecular complexity index is 318. The molecule has 2 N–H and O–H groups in total. The Morgan fingerprint density at radius 2 is 1.82 bits per heavy atom. The van der Waals surface area contributed by atoms with Gasteiger partial charge in [-0.05, 0) is 6.42 Å². The third-order valence-corrected chi connectivity index (χ3v) is 2.68. The van der Waals surface area contributed by atoms with Crippen LogP contribution in [0.1, 0.15) is 6.42 Å². The van der Waals surface area contributed by atoms with Crippen molar-refractivity contribution < 1.29 is 14.3 Å². The van der Waals surface area contributed by atoms with Gasteiger partial charge in [0.05, 0.1) is 13.2 Å². The number of guanidine groups is 1. The molecule has 0 aliphatic carbocycles. The Morgan fingerprint density at radius 1 is 1.18 bits per heavy atom. The van der Waals surface area contributed by atoms with E-state index in [0.29, 0.717) is 6.54 Å². The minimum Gasteiger partial charge on any atom is -0.379 e. The Morgan fingerprint density at radius 3 is 2.47 bits per heavy atom. The molecule has 7 heteroatoms. The van der Waals surface area contributed by atoms with Crippen LogP contribution in [0.5, 0.6) is 0 Å². The van der Waals surface area contributed by atoms with Crippen molar-refractivity contribution in [2.75, 3.05) is 39.4 Å². The third kappa shape index (κ3) is 3.50. The highest BCUT2D eigenvalue weighted by Crippen LogP contribution is 1.98. The second-order valence-corrected chi connectivity index (χ2v) is 3.95. The molecule has 2 rings (SSSR count). The minimum atomic E-state index is -0.642. The van der Waals surface area contributed by atoms with Crippen LogP contribution in [-0.4, -0.2) is 62.1 Å². The van der Waals surface area contributed by atoms with Gasteiger partial charge in [0.15, 0.2) is 0 Å². The molecule has 0 aromatic carbocycles. The summed E-state index contributed by atoms with van der Waals surface area (Å²) >= 11 is 0. The van der Waals surface area contributed by atoms with Crippen molar-refractivity contribution in [1.29, 1.82) is 0 Å². The summed E-state index contributed by atoms with van der Waals surface area (Å²) in [6, 6.07) is 0. The molecule has 94 valence electrons. The molecule has 0 spiro atoms.